The van der Waals surface area contributed by atoms with Gasteiger partial charge >= 0.3 is 0 Å². The summed E-state index contributed by atoms with van der Waals surface area (Å²) < 4.78 is 11.3. The maximum absolute atomic E-state index is 5.64. The molecule has 14 nitrogen and oxygen atoms in total. The van der Waals surface area contributed by atoms with Gasteiger partial charge in [-0.05, 0) is 145 Å². The Morgan fingerprint density at radius 2 is 0.605 bits per heavy atom. The minimum atomic E-state index is 0.424. The number of aromatic nitrogens is 12. The average Bonchev–Trinajstić information content (AvgIpc) is 4.36. The van der Waals surface area contributed by atoms with E-state index in [4.69, 9.17) is 59.3 Å². The van der Waals surface area contributed by atoms with Crippen molar-refractivity contribution >= 4 is 46.4 Å². The smallest absolute Gasteiger partial charge is 0.164 e. The fourth-order valence-electron chi connectivity index (χ4n) is 9.50. The average molecular weight is 987 g/mol. The minimum Gasteiger partial charge on any atom is -0.497 e. The zero-order valence-electron chi connectivity index (χ0n) is 40.9. The highest BCUT2D eigenvalue weighted by molar-refractivity contribution is 5.99. The van der Waals surface area contributed by atoms with Crippen molar-refractivity contribution in [2.75, 3.05) is 14.2 Å². The van der Waals surface area contributed by atoms with Crippen LogP contribution in [0.5, 0.6) is 11.5 Å². The molecule has 0 atom stereocenters. The molecule has 0 unspecified atom stereocenters. The molecule has 2 aromatic carbocycles. The summed E-state index contributed by atoms with van der Waals surface area (Å²) in [5, 5.41) is 0. The second kappa shape index (κ2) is 19.4. The Balaban J connectivity index is 1.16. The van der Waals surface area contributed by atoms with Gasteiger partial charge in [-0.25, -0.2) is 29.9 Å². The van der Waals surface area contributed by atoms with Gasteiger partial charge in [-0.15, -0.1) is 0 Å². The van der Waals surface area contributed by atoms with E-state index in [-0.39, 0.29) is 0 Å². The fourth-order valence-corrected chi connectivity index (χ4v) is 9.50. The van der Waals surface area contributed by atoms with E-state index in [2.05, 4.69) is 22.1 Å². The second-order valence-corrected chi connectivity index (χ2v) is 17.7. The van der Waals surface area contributed by atoms with Gasteiger partial charge < -0.3 is 19.4 Å². The van der Waals surface area contributed by atoms with E-state index < -0.39 is 0 Å². The molecule has 14 heteroatoms. The molecular weight excluding hydrogens is 945 g/mol. The SMILES string of the molecule is COc1ccc(-c2c3nc(c(-c4nc(-c5ccccn5)cc(-c5ccccn5)n4)c4ccc([nH]4)c(-c4ccc(OC)cc4)c4nc(c(-c5nc(-c6ccccn6)cc(-c6ccccn6)n5)c5ccc2[nH]5)C=C4)C=C3)cc1. The van der Waals surface area contributed by atoms with Gasteiger partial charge in [-0.1, -0.05) is 48.5 Å². The summed E-state index contributed by atoms with van der Waals surface area (Å²) in [4.78, 5) is 58.6. The van der Waals surface area contributed by atoms with Crippen LogP contribution in [0.1, 0.15) is 22.8 Å². The molecule has 11 heterocycles. The highest BCUT2D eigenvalue weighted by Crippen LogP contribution is 2.40. The summed E-state index contributed by atoms with van der Waals surface area (Å²) in [6, 6.07) is 51.0. The number of nitrogens with one attached hydrogen (secondary N) is 2. The molecule has 11 aromatic rings. The highest BCUT2D eigenvalue weighted by Gasteiger charge is 2.23. The Morgan fingerprint density at radius 3 is 0.895 bits per heavy atom. The van der Waals surface area contributed by atoms with E-state index in [0.29, 0.717) is 91.1 Å². The van der Waals surface area contributed by atoms with Crippen LogP contribution < -0.4 is 9.47 Å². The van der Waals surface area contributed by atoms with Gasteiger partial charge in [0.05, 0.1) is 105 Å². The number of hydrogen-bond donors (Lipinski definition) is 2. The Labute approximate surface area is 435 Å². The van der Waals surface area contributed by atoms with Gasteiger partial charge in [0.2, 0.25) is 0 Å². The van der Waals surface area contributed by atoms with Crippen molar-refractivity contribution in [2.45, 2.75) is 0 Å². The highest BCUT2D eigenvalue weighted by atomic mass is 16.5. The van der Waals surface area contributed by atoms with Gasteiger partial charge in [-0.2, -0.15) is 0 Å². The quantitative estimate of drug-likeness (QED) is 0.133. The predicted molar refractivity (Wildman–Crippen MR) is 298 cm³/mol. The van der Waals surface area contributed by atoms with Crippen LogP contribution in [-0.2, 0) is 0 Å². The molecule has 76 heavy (non-hydrogen) atoms. The summed E-state index contributed by atoms with van der Waals surface area (Å²) in [7, 11) is 3.32. The number of nitrogens with zero attached hydrogens (tertiary/aromatic N) is 10. The molecule has 2 aliphatic heterocycles. The lowest BCUT2D eigenvalue weighted by Crippen LogP contribution is -1.99. The third-order valence-corrected chi connectivity index (χ3v) is 13.1. The second-order valence-electron chi connectivity index (χ2n) is 17.7. The topological polar surface area (TPSA) is 179 Å². The van der Waals surface area contributed by atoms with Crippen molar-refractivity contribution in [3.8, 4) is 102 Å². The molecule has 8 bridgehead atoms. The van der Waals surface area contributed by atoms with E-state index in [1.165, 1.54) is 0 Å². The maximum Gasteiger partial charge on any atom is 0.164 e. The summed E-state index contributed by atoms with van der Waals surface area (Å²) in [6.45, 7) is 0. The number of fused-ring (bicyclic) bond motifs is 8. The first-order chi connectivity index (χ1) is 37.5. The van der Waals surface area contributed by atoms with Crippen molar-refractivity contribution in [3.05, 3.63) is 205 Å². The summed E-state index contributed by atoms with van der Waals surface area (Å²) in [5.41, 5.74) is 15.7. The molecule has 13 rings (SSSR count). The summed E-state index contributed by atoms with van der Waals surface area (Å²) in [6.07, 6.45) is 15.1. The van der Waals surface area contributed by atoms with Gasteiger partial charge in [0.25, 0.3) is 0 Å². The number of benzene rings is 2. The third-order valence-electron chi connectivity index (χ3n) is 13.1. The molecule has 0 saturated heterocycles. The Morgan fingerprint density at radius 1 is 0.303 bits per heavy atom. The van der Waals surface area contributed by atoms with Crippen LogP contribution in [0, 0.1) is 0 Å². The van der Waals surface area contributed by atoms with Gasteiger partial charge in [0.15, 0.2) is 11.6 Å². The molecule has 2 aliphatic rings. The number of H-pyrrole nitrogens is 2. The standard InChI is InChI=1S/C62H42N12O2/c1-75-39-19-15-37(16-20-39)57-45-23-27-49(67-45)59(61-71-53(41-11-3-7-31-63-41)35-54(72-61)42-12-4-8-32-64-42)51-29-25-47(69-51)58(38-17-21-40(76-2)22-18-38)48-26-30-52(70-48)60(50-28-24-46(57)68-50)62-73-55(43-13-5-9-33-65-43)36-56(74-62)44-14-6-10-34-66-44/h3-36,67,70H,1-2H3. The molecule has 0 saturated carbocycles. The molecule has 0 amide bonds. The van der Waals surface area contributed by atoms with Crippen molar-refractivity contribution < 1.29 is 9.47 Å². The van der Waals surface area contributed by atoms with Gasteiger partial charge in [0, 0.05) is 46.9 Å². The summed E-state index contributed by atoms with van der Waals surface area (Å²) in [5.74, 6) is 2.29. The Hall–Kier alpha value is -10.6. The van der Waals surface area contributed by atoms with Crippen molar-refractivity contribution in [1.29, 1.82) is 0 Å². The third kappa shape index (κ3) is 8.60. The van der Waals surface area contributed by atoms with Crippen molar-refractivity contribution in [1.82, 2.24) is 59.8 Å². The number of pyridine rings is 4. The predicted octanol–water partition coefficient (Wildman–Crippen LogP) is 13.2. The molecule has 0 fully saturated rings. The van der Waals surface area contributed by atoms with E-state index in [1.54, 1.807) is 39.0 Å². The van der Waals surface area contributed by atoms with Crippen LogP contribution in [0.25, 0.3) is 137 Å². The number of methoxy groups -OCH3 is 2. The number of rotatable bonds is 10. The Bertz CT molecular complexity index is 3830. The van der Waals surface area contributed by atoms with Gasteiger partial charge in [0.1, 0.15) is 11.5 Å². The molecule has 9 aromatic heterocycles. The molecule has 2 N–H and O–H groups in total. The van der Waals surface area contributed by atoms with E-state index in [9.17, 15) is 0 Å². The van der Waals surface area contributed by atoms with Crippen LogP contribution in [-0.4, -0.2) is 74.0 Å². The van der Waals surface area contributed by atoms with Crippen LogP contribution in [0.3, 0.4) is 0 Å². The molecule has 0 spiro atoms. The summed E-state index contributed by atoms with van der Waals surface area (Å²) >= 11 is 0. The largest absolute Gasteiger partial charge is 0.497 e. The lowest BCUT2D eigenvalue weighted by molar-refractivity contribution is 0.415. The zero-order chi connectivity index (χ0) is 51.0. The fraction of sp³-hybridized carbons (Fsp3) is 0.0323. The number of ether oxygens (including phenoxy) is 2. The Kier molecular flexibility index (Phi) is 11.6. The minimum absolute atomic E-state index is 0.424. The van der Waals surface area contributed by atoms with E-state index in [1.807, 2.05) is 170 Å². The first-order valence-electron chi connectivity index (χ1n) is 24.4. The van der Waals surface area contributed by atoms with E-state index >= 15 is 0 Å². The first kappa shape index (κ1) is 45.3. The lowest BCUT2D eigenvalue weighted by atomic mass is 10.0. The molecule has 0 aliphatic carbocycles. The first-order valence-corrected chi connectivity index (χ1v) is 24.4. The van der Waals surface area contributed by atoms with Crippen LogP contribution in [0.4, 0.5) is 0 Å². The molecular formula is C62H42N12O2. The molecule has 362 valence electrons. The number of aromatic amines is 2. The lowest BCUT2D eigenvalue weighted by Gasteiger charge is -2.10. The monoisotopic (exact) mass is 986 g/mol. The molecule has 0 radical (unpaired) electrons. The van der Waals surface area contributed by atoms with Crippen molar-refractivity contribution in [2.24, 2.45) is 0 Å². The van der Waals surface area contributed by atoms with Gasteiger partial charge in [-0.3, -0.25) is 19.9 Å². The van der Waals surface area contributed by atoms with E-state index in [0.717, 1.165) is 55.8 Å². The normalized spacial score (nSPS) is 11.7. The van der Waals surface area contributed by atoms with Crippen LogP contribution >= 0.6 is 0 Å². The maximum atomic E-state index is 5.64. The zero-order valence-corrected chi connectivity index (χ0v) is 40.9. The van der Waals surface area contributed by atoms with Crippen LogP contribution in [0.15, 0.2) is 183 Å². The van der Waals surface area contributed by atoms with Crippen molar-refractivity contribution in [3.63, 3.8) is 0 Å². The number of hydrogen-bond acceptors (Lipinski definition) is 12. The van der Waals surface area contributed by atoms with Crippen LogP contribution in [0.2, 0.25) is 0 Å².